The number of rotatable bonds is 5. The predicted molar refractivity (Wildman–Crippen MR) is 173 cm³/mol. The van der Waals surface area contributed by atoms with Crippen molar-refractivity contribution in [2.24, 2.45) is 0 Å². The van der Waals surface area contributed by atoms with Crippen LogP contribution >= 0.6 is 0 Å². The number of pyridine rings is 3. The Balaban J connectivity index is 0.000000199. The smallest absolute Gasteiger partial charge is 0.216 e. The van der Waals surface area contributed by atoms with Crippen LogP contribution in [-0.4, -0.2) is 23.0 Å². The fourth-order valence-electron chi connectivity index (χ4n) is 4.81. The van der Waals surface area contributed by atoms with E-state index in [9.17, 15) is 0 Å². The van der Waals surface area contributed by atoms with Gasteiger partial charge in [-0.2, -0.15) is 0 Å². The molecule has 0 aliphatic rings. The van der Waals surface area contributed by atoms with E-state index in [0.717, 1.165) is 50.0 Å². The molecule has 6 heteroatoms. The van der Waals surface area contributed by atoms with Crippen LogP contribution in [-0.2, 0) is 20.1 Å². The van der Waals surface area contributed by atoms with Gasteiger partial charge in [0.1, 0.15) is 0 Å². The van der Waals surface area contributed by atoms with Gasteiger partial charge in [-0.1, -0.05) is 81.5 Å². The monoisotopic (exact) mass is 750 g/mol. The van der Waals surface area contributed by atoms with E-state index < -0.39 is 19.9 Å². The molecule has 217 valence electrons. The van der Waals surface area contributed by atoms with Gasteiger partial charge in [0.05, 0.1) is 13.7 Å². The average Bonchev–Trinajstić information content (AvgIpc) is 3.35. The Morgan fingerprint density at radius 2 is 1.60 bits per heavy atom. The third kappa shape index (κ3) is 6.78. The molecule has 1 radical (unpaired) electrons. The van der Waals surface area contributed by atoms with E-state index in [4.69, 9.17) is 7.16 Å². The SMILES string of the molecule is [2H]C(C)(C)c1cc(-c2[c-]cccc2)ncc1[Si](C)(C)C.[2H]C(C)(C)c1ccnc(-c2[c-]ccc3c2oc2ncccc23)c1.[Ir]. The summed E-state index contributed by atoms with van der Waals surface area (Å²) < 4.78 is 22.6. The first-order valence-corrected chi connectivity index (χ1v) is 17.4. The van der Waals surface area contributed by atoms with Gasteiger partial charge in [-0.15, -0.1) is 54.1 Å². The van der Waals surface area contributed by atoms with Crippen LogP contribution in [0.4, 0.5) is 0 Å². The molecule has 0 saturated heterocycles. The van der Waals surface area contributed by atoms with Gasteiger partial charge >= 0.3 is 0 Å². The van der Waals surface area contributed by atoms with E-state index in [2.05, 4.69) is 52.8 Å². The zero-order valence-electron chi connectivity index (χ0n) is 27.2. The van der Waals surface area contributed by atoms with Gasteiger partial charge in [0.15, 0.2) is 0 Å². The molecule has 0 saturated carbocycles. The van der Waals surface area contributed by atoms with Crippen LogP contribution in [0.15, 0.2) is 89.7 Å². The van der Waals surface area contributed by atoms with Crippen LogP contribution in [0, 0.1) is 12.1 Å². The number of benzene rings is 2. The molecule has 2 aromatic carbocycles. The molecule has 0 spiro atoms. The number of nitrogens with zero attached hydrogens (tertiary/aromatic N) is 3. The minimum atomic E-state index is -1.50. The maximum atomic E-state index is 8.44. The van der Waals surface area contributed by atoms with Crippen molar-refractivity contribution in [2.45, 2.75) is 59.1 Å². The molecule has 6 rings (SSSR count). The fourth-order valence-corrected chi connectivity index (χ4v) is 6.39. The fraction of sp³-hybridized carbons (Fsp3) is 0.250. The molecule has 0 unspecified atom stereocenters. The standard InChI is InChI=1S/C19H15N2O.C17H22NSi.Ir/c1-12(2)13-8-10-20-17(11-13)16-6-3-5-14-15-7-4-9-21-19(15)22-18(14)16;1-13(2)15-11-16(14-9-7-6-8-10-14)18-12-17(15)19(3,4)5;/h3-5,7-12H,1-2H3;6-9,11-13H,1-5H3;/q2*-1;/i12D;13D;. The van der Waals surface area contributed by atoms with E-state index >= 15 is 0 Å². The average molecular weight is 750 g/mol. The first kappa shape index (κ1) is 28.7. The van der Waals surface area contributed by atoms with Gasteiger partial charge < -0.3 is 14.4 Å². The van der Waals surface area contributed by atoms with Crippen molar-refractivity contribution < 1.29 is 27.3 Å². The van der Waals surface area contributed by atoms with Gasteiger partial charge in [-0.25, -0.2) is 4.98 Å². The molecular formula is C36H37IrN3OSi-2. The molecule has 6 aromatic rings. The van der Waals surface area contributed by atoms with E-state index in [0.29, 0.717) is 5.71 Å². The molecular weight excluding hydrogens is 711 g/mol. The van der Waals surface area contributed by atoms with Gasteiger partial charge in [0, 0.05) is 46.8 Å². The van der Waals surface area contributed by atoms with Gasteiger partial charge in [-0.3, -0.25) is 0 Å². The van der Waals surface area contributed by atoms with Crippen LogP contribution in [0.25, 0.3) is 44.6 Å². The molecule has 4 aromatic heterocycles. The van der Waals surface area contributed by atoms with E-state index in [1.54, 1.807) is 12.4 Å². The van der Waals surface area contributed by atoms with Crippen LogP contribution in [0.2, 0.25) is 19.6 Å². The third-order valence-corrected chi connectivity index (χ3v) is 9.05. The molecule has 0 fully saturated rings. The molecule has 0 aliphatic carbocycles. The Labute approximate surface area is 266 Å². The van der Waals surface area contributed by atoms with Crippen molar-refractivity contribution in [3.8, 4) is 22.5 Å². The Bertz CT molecular complexity index is 1890. The van der Waals surface area contributed by atoms with E-state index in [1.807, 2.05) is 94.6 Å². The molecule has 0 bridgehead atoms. The minimum Gasteiger partial charge on any atom is -0.486 e. The van der Waals surface area contributed by atoms with Crippen LogP contribution in [0.3, 0.4) is 0 Å². The zero-order valence-corrected chi connectivity index (χ0v) is 28.6. The predicted octanol–water partition coefficient (Wildman–Crippen LogP) is 9.18. The molecule has 0 atom stereocenters. The topological polar surface area (TPSA) is 51.8 Å². The summed E-state index contributed by atoms with van der Waals surface area (Å²) in [4.78, 5) is 13.3. The second-order valence-corrected chi connectivity index (χ2v) is 16.7. The Kier molecular flexibility index (Phi) is 9.04. The summed E-state index contributed by atoms with van der Waals surface area (Å²) >= 11 is 0. The quantitative estimate of drug-likeness (QED) is 0.130. The van der Waals surface area contributed by atoms with Crippen molar-refractivity contribution in [1.29, 1.82) is 0 Å². The first-order valence-electron chi connectivity index (χ1n) is 14.9. The molecule has 42 heavy (non-hydrogen) atoms. The summed E-state index contributed by atoms with van der Waals surface area (Å²) in [6.45, 7) is 14.5. The summed E-state index contributed by atoms with van der Waals surface area (Å²) in [5.41, 5.74) is 6.79. The molecule has 4 heterocycles. The molecule has 0 amide bonds. The number of furan rings is 1. The van der Waals surface area contributed by atoms with Crippen LogP contribution in [0.1, 0.15) is 53.4 Å². The molecule has 0 N–H and O–H groups in total. The maximum absolute atomic E-state index is 8.44. The van der Waals surface area contributed by atoms with Crippen molar-refractivity contribution in [3.63, 3.8) is 0 Å². The summed E-state index contributed by atoms with van der Waals surface area (Å²) in [5.74, 6) is -1.29. The van der Waals surface area contributed by atoms with E-state index in [-0.39, 0.29) is 20.1 Å². The van der Waals surface area contributed by atoms with Gasteiger partial charge in [0.2, 0.25) is 5.71 Å². The summed E-state index contributed by atoms with van der Waals surface area (Å²) in [6.07, 6.45) is 5.43. The van der Waals surface area contributed by atoms with Crippen molar-refractivity contribution in [3.05, 3.63) is 109 Å². The molecule has 4 nitrogen and oxygen atoms in total. The van der Waals surface area contributed by atoms with E-state index in [1.165, 1.54) is 5.19 Å². The Hall–Kier alpha value is -3.44. The maximum Gasteiger partial charge on any atom is 0.216 e. The summed E-state index contributed by atoms with van der Waals surface area (Å²) in [7, 11) is -1.50. The Morgan fingerprint density at radius 1 is 0.786 bits per heavy atom. The van der Waals surface area contributed by atoms with Crippen molar-refractivity contribution >= 4 is 35.3 Å². The van der Waals surface area contributed by atoms with Crippen molar-refractivity contribution in [2.75, 3.05) is 0 Å². The number of aromatic nitrogens is 3. The normalized spacial score (nSPS) is 12.6. The summed E-state index contributed by atoms with van der Waals surface area (Å²) in [6, 6.07) is 27.9. The largest absolute Gasteiger partial charge is 0.486 e. The zero-order chi connectivity index (χ0) is 31.0. The number of hydrogen-bond donors (Lipinski definition) is 0. The summed E-state index contributed by atoms with van der Waals surface area (Å²) in [5, 5.41) is 3.26. The minimum absolute atomic E-state index is 0. The van der Waals surface area contributed by atoms with Crippen molar-refractivity contribution in [1.82, 2.24) is 15.0 Å². The number of fused-ring (bicyclic) bond motifs is 3. The number of hydrogen-bond acceptors (Lipinski definition) is 4. The molecule has 0 aliphatic heterocycles. The second-order valence-electron chi connectivity index (χ2n) is 11.6. The van der Waals surface area contributed by atoms with Gasteiger partial charge in [0.25, 0.3) is 0 Å². The first-order chi connectivity index (χ1) is 20.2. The third-order valence-electron chi connectivity index (χ3n) is 7.04. The Morgan fingerprint density at radius 3 is 2.29 bits per heavy atom. The van der Waals surface area contributed by atoms with Crippen LogP contribution in [0.5, 0.6) is 0 Å². The van der Waals surface area contributed by atoms with Gasteiger partial charge in [-0.05, 0) is 46.6 Å². The van der Waals surface area contributed by atoms with Crippen LogP contribution < -0.4 is 5.19 Å². The second kappa shape index (κ2) is 13.2.